The molecule has 0 saturated heterocycles. The number of halogens is 3. The average molecular weight is 425 g/mol. The lowest BCUT2D eigenvalue weighted by atomic mass is 9.89. The summed E-state index contributed by atoms with van der Waals surface area (Å²) in [5, 5.41) is 12.5. The van der Waals surface area contributed by atoms with E-state index in [1.165, 1.54) is 12.1 Å². The van der Waals surface area contributed by atoms with E-state index in [1.807, 2.05) is 48.5 Å². The van der Waals surface area contributed by atoms with Crippen molar-refractivity contribution >= 4 is 11.9 Å². The SMILES string of the molecule is O=C(Cc1ccc(C(F)(F)F)cc1)N[C@@H](C(=O)O)C1c2ccccc2-c2ccccc21. The van der Waals surface area contributed by atoms with E-state index in [9.17, 15) is 27.9 Å². The molecular formula is C24H18F3NO3. The standard InChI is InChI=1S/C24H18F3NO3/c25-24(26,27)15-11-9-14(10-12-15)13-20(29)28-22(23(30)31)21-18-7-3-1-5-16(18)17-6-2-4-8-19(17)21/h1-12,21-22H,13H2,(H,28,29)(H,30,31)/t22-/m1/s1. The molecule has 31 heavy (non-hydrogen) atoms. The van der Waals surface area contributed by atoms with Crippen LogP contribution in [0.15, 0.2) is 72.8 Å². The highest BCUT2D eigenvalue weighted by Crippen LogP contribution is 2.46. The second-order valence-corrected chi connectivity index (χ2v) is 7.41. The summed E-state index contributed by atoms with van der Waals surface area (Å²) in [4.78, 5) is 24.7. The number of benzene rings is 3. The van der Waals surface area contributed by atoms with Gasteiger partial charge in [0.05, 0.1) is 12.0 Å². The predicted molar refractivity (Wildman–Crippen MR) is 108 cm³/mol. The van der Waals surface area contributed by atoms with E-state index in [2.05, 4.69) is 5.32 Å². The van der Waals surface area contributed by atoms with Crippen LogP contribution >= 0.6 is 0 Å². The molecular weight excluding hydrogens is 407 g/mol. The topological polar surface area (TPSA) is 66.4 Å². The van der Waals surface area contributed by atoms with Gasteiger partial charge in [-0.25, -0.2) is 4.79 Å². The van der Waals surface area contributed by atoms with Gasteiger partial charge in [-0.3, -0.25) is 4.79 Å². The van der Waals surface area contributed by atoms with Gasteiger partial charge in [-0.1, -0.05) is 60.7 Å². The van der Waals surface area contributed by atoms with Crippen LogP contribution in [0.1, 0.15) is 28.2 Å². The second-order valence-electron chi connectivity index (χ2n) is 7.41. The van der Waals surface area contributed by atoms with Crippen LogP contribution in [0, 0.1) is 0 Å². The molecule has 0 fully saturated rings. The Morgan fingerprint density at radius 1 is 0.871 bits per heavy atom. The number of carboxylic acid groups (broad SMARTS) is 1. The summed E-state index contributed by atoms with van der Waals surface area (Å²) in [5.74, 6) is -2.33. The Morgan fingerprint density at radius 2 is 1.39 bits per heavy atom. The van der Waals surface area contributed by atoms with Gasteiger partial charge in [-0.05, 0) is 39.9 Å². The number of fused-ring (bicyclic) bond motifs is 3. The number of rotatable bonds is 5. The molecule has 0 spiro atoms. The molecule has 0 heterocycles. The Morgan fingerprint density at radius 3 is 1.87 bits per heavy atom. The van der Waals surface area contributed by atoms with Crippen LogP contribution in [0.3, 0.4) is 0 Å². The summed E-state index contributed by atoms with van der Waals surface area (Å²) < 4.78 is 38.1. The number of hydrogen-bond donors (Lipinski definition) is 2. The van der Waals surface area contributed by atoms with Crippen LogP contribution in [0.4, 0.5) is 13.2 Å². The first-order valence-corrected chi connectivity index (χ1v) is 9.62. The third-order valence-electron chi connectivity index (χ3n) is 5.44. The molecule has 1 amide bonds. The van der Waals surface area contributed by atoms with E-state index >= 15 is 0 Å². The zero-order chi connectivity index (χ0) is 22.2. The Balaban J connectivity index is 1.58. The predicted octanol–water partition coefficient (Wildman–Crippen LogP) is 4.63. The highest BCUT2D eigenvalue weighted by Gasteiger charge is 2.38. The lowest BCUT2D eigenvalue weighted by Crippen LogP contribution is -2.45. The van der Waals surface area contributed by atoms with Gasteiger partial charge in [0.15, 0.2) is 0 Å². The van der Waals surface area contributed by atoms with Crippen molar-refractivity contribution in [3.05, 3.63) is 95.1 Å². The van der Waals surface area contributed by atoms with Crippen molar-refractivity contribution in [2.24, 2.45) is 0 Å². The van der Waals surface area contributed by atoms with Gasteiger partial charge in [0.1, 0.15) is 6.04 Å². The summed E-state index contributed by atoms with van der Waals surface area (Å²) in [6, 6.07) is 17.9. The van der Waals surface area contributed by atoms with Crippen molar-refractivity contribution in [1.82, 2.24) is 5.32 Å². The van der Waals surface area contributed by atoms with Crippen LogP contribution in [-0.4, -0.2) is 23.0 Å². The summed E-state index contributed by atoms with van der Waals surface area (Å²) in [7, 11) is 0. The average Bonchev–Trinajstić information content (AvgIpc) is 3.06. The molecule has 0 unspecified atom stereocenters. The Kier molecular flexibility index (Phi) is 5.27. The van der Waals surface area contributed by atoms with Gasteiger partial charge in [-0.2, -0.15) is 13.2 Å². The van der Waals surface area contributed by atoms with Gasteiger partial charge >= 0.3 is 12.1 Å². The number of carboxylic acids is 1. The smallest absolute Gasteiger partial charge is 0.416 e. The molecule has 0 aliphatic heterocycles. The first kappa shape index (κ1) is 20.7. The van der Waals surface area contributed by atoms with Crippen molar-refractivity contribution in [2.75, 3.05) is 0 Å². The summed E-state index contributed by atoms with van der Waals surface area (Å²) in [6.07, 6.45) is -4.68. The summed E-state index contributed by atoms with van der Waals surface area (Å²) >= 11 is 0. The highest BCUT2D eigenvalue weighted by atomic mass is 19.4. The number of hydrogen-bond acceptors (Lipinski definition) is 2. The van der Waals surface area contributed by atoms with Gasteiger partial charge in [0.25, 0.3) is 0 Å². The monoisotopic (exact) mass is 425 g/mol. The van der Waals surface area contributed by atoms with Crippen molar-refractivity contribution in [1.29, 1.82) is 0 Å². The number of aliphatic carboxylic acids is 1. The van der Waals surface area contributed by atoms with E-state index < -0.39 is 35.6 Å². The fourth-order valence-corrected chi connectivity index (χ4v) is 4.06. The van der Waals surface area contributed by atoms with Crippen molar-refractivity contribution in [3.8, 4) is 11.1 Å². The number of alkyl halides is 3. The molecule has 0 radical (unpaired) electrons. The van der Waals surface area contributed by atoms with Gasteiger partial charge in [0.2, 0.25) is 5.91 Å². The Labute approximate surface area is 176 Å². The number of carbonyl (C=O) groups is 2. The van der Waals surface area contributed by atoms with E-state index in [0.29, 0.717) is 5.56 Å². The third kappa shape index (κ3) is 4.03. The van der Waals surface area contributed by atoms with Crippen LogP contribution in [0.25, 0.3) is 11.1 Å². The van der Waals surface area contributed by atoms with Crippen LogP contribution < -0.4 is 5.32 Å². The molecule has 3 aromatic carbocycles. The van der Waals surface area contributed by atoms with Crippen LogP contribution in [0.2, 0.25) is 0 Å². The zero-order valence-electron chi connectivity index (χ0n) is 16.2. The molecule has 0 saturated carbocycles. The van der Waals surface area contributed by atoms with Crippen molar-refractivity contribution in [2.45, 2.75) is 24.6 Å². The van der Waals surface area contributed by atoms with E-state index in [4.69, 9.17) is 0 Å². The van der Waals surface area contributed by atoms with Gasteiger partial charge < -0.3 is 10.4 Å². The van der Waals surface area contributed by atoms with Crippen LogP contribution in [-0.2, 0) is 22.2 Å². The Hall–Kier alpha value is -3.61. The minimum absolute atomic E-state index is 0.224. The molecule has 0 bridgehead atoms. The largest absolute Gasteiger partial charge is 0.480 e. The lowest BCUT2D eigenvalue weighted by Gasteiger charge is -2.23. The fraction of sp³-hybridized carbons (Fsp3) is 0.167. The van der Waals surface area contributed by atoms with Gasteiger partial charge in [-0.15, -0.1) is 0 Å². The molecule has 2 N–H and O–H groups in total. The van der Waals surface area contributed by atoms with E-state index in [1.54, 1.807) is 0 Å². The maximum atomic E-state index is 12.7. The molecule has 158 valence electrons. The van der Waals surface area contributed by atoms with E-state index in [-0.39, 0.29) is 6.42 Å². The van der Waals surface area contributed by atoms with Crippen LogP contribution in [0.5, 0.6) is 0 Å². The minimum Gasteiger partial charge on any atom is -0.480 e. The normalized spacial score (nSPS) is 13.9. The van der Waals surface area contributed by atoms with Crippen molar-refractivity contribution in [3.63, 3.8) is 0 Å². The summed E-state index contributed by atoms with van der Waals surface area (Å²) in [5.41, 5.74) is 3.02. The number of amides is 1. The molecule has 7 heteroatoms. The molecule has 1 aliphatic carbocycles. The minimum atomic E-state index is -4.46. The quantitative estimate of drug-likeness (QED) is 0.627. The molecule has 4 rings (SSSR count). The molecule has 0 aromatic heterocycles. The first-order valence-electron chi connectivity index (χ1n) is 9.62. The maximum absolute atomic E-state index is 12.7. The van der Waals surface area contributed by atoms with E-state index in [0.717, 1.165) is 34.4 Å². The number of nitrogens with one attached hydrogen (secondary N) is 1. The zero-order valence-corrected chi connectivity index (χ0v) is 16.2. The lowest BCUT2D eigenvalue weighted by molar-refractivity contribution is -0.142. The fourth-order valence-electron chi connectivity index (χ4n) is 4.06. The maximum Gasteiger partial charge on any atom is 0.416 e. The molecule has 1 atom stereocenters. The molecule has 1 aliphatic rings. The third-order valence-corrected chi connectivity index (χ3v) is 5.44. The molecule has 3 aromatic rings. The molecule has 4 nitrogen and oxygen atoms in total. The first-order chi connectivity index (χ1) is 14.8. The highest BCUT2D eigenvalue weighted by molar-refractivity contribution is 5.89. The summed E-state index contributed by atoms with van der Waals surface area (Å²) in [6.45, 7) is 0. The number of carbonyl (C=O) groups excluding carboxylic acids is 1. The second kappa shape index (κ2) is 7.91. The Bertz CT molecular complexity index is 1090. The van der Waals surface area contributed by atoms with Crippen molar-refractivity contribution < 1.29 is 27.9 Å². The van der Waals surface area contributed by atoms with Gasteiger partial charge in [0, 0.05) is 5.92 Å².